The van der Waals surface area contributed by atoms with Crippen LogP contribution in [-0.4, -0.2) is 23.5 Å². The molecule has 1 aromatic rings. The first-order valence-electron chi connectivity index (χ1n) is 7.05. The van der Waals surface area contributed by atoms with E-state index < -0.39 is 0 Å². The Bertz CT molecular complexity index is 373. The molecule has 3 N–H and O–H groups in total. The van der Waals surface area contributed by atoms with Crippen LogP contribution in [0.25, 0.3) is 0 Å². The van der Waals surface area contributed by atoms with E-state index in [2.05, 4.69) is 44.1 Å². The first-order chi connectivity index (χ1) is 9.09. The van der Waals surface area contributed by atoms with Crippen LogP contribution in [0.4, 0.5) is 0 Å². The molecular weight excluding hydrogens is 278 g/mol. The number of rotatable bonds is 8. The zero-order valence-electron chi connectivity index (χ0n) is 12.4. The predicted molar refractivity (Wildman–Crippen MR) is 85.6 cm³/mol. The molecule has 1 aromatic heterocycles. The summed E-state index contributed by atoms with van der Waals surface area (Å²) in [7, 11) is 0. The van der Waals surface area contributed by atoms with Crippen LogP contribution in [0.1, 0.15) is 51.5 Å². The third kappa shape index (κ3) is 3.31. The highest BCUT2D eigenvalue weighted by Crippen LogP contribution is 2.40. The van der Waals surface area contributed by atoms with Crippen molar-refractivity contribution < 1.29 is 0 Å². The normalized spacial score (nSPS) is 14.1. The Hall–Kier alpha value is -0.130. The standard InChI is InChI=1S/C14H26ClN3S/c1-5-14(6-2,18(7-3)8-4)13(17-16)11-9-10-12(15)19-11/h9-10,13,17H,5-8,16H2,1-4H3. The van der Waals surface area contributed by atoms with Crippen LogP contribution >= 0.6 is 22.9 Å². The number of nitrogens with one attached hydrogen (secondary N) is 1. The second-order valence-electron chi connectivity index (χ2n) is 4.72. The molecule has 0 saturated heterocycles. The van der Waals surface area contributed by atoms with Gasteiger partial charge >= 0.3 is 0 Å². The lowest BCUT2D eigenvalue weighted by Gasteiger charge is -2.47. The summed E-state index contributed by atoms with van der Waals surface area (Å²) < 4.78 is 0.816. The van der Waals surface area contributed by atoms with Gasteiger partial charge in [-0.15, -0.1) is 11.3 Å². The molecule has 1 atom stereocenters. The van der Waals surface area contributed by atoms with E-state index in [9.17, 15) is 0 Å². The zero-order valence-corrected chi connectivity index (χ0v) is 13.9. The minimum absolute atomic E-state index is 0.0342. The fraction of sp³-hybridized carbons (Fsp3) is 0.714. The number of nitrogens with two attached hydrogens (primary N) is 1. The third-order valence-electron chi connectivity index (χ3n) is 4.20. The Morgan fingerprint density at radius 2 is 1.84 bits per heavy atom. The summed E-state index contributed by atoms with van der Waals surface area (Å²) in [5, 5.41) is 0. The number of thiophene rings is 1. The van der Waals surface area contributed by atoms with Crippen molar-refractivity contribution in [3.8, 4) is 0 Å². The van der Waals surface area contributed by atoms with E-state index in [0.29, 0.717) is 0 Å². The van der Waals surface area contributed by atoms with E-state index in [4.69, 9.17) is 17.4 Å². The van der Waals surface area contributed by atoms with E-state index in [-0.39, 0.29) is 11.6 Å². The fourth-order valence-electron chi connectivity index (χ4n) is 3.13. The highest BCUT2D eigenvalue weighted by molar-refractivity contribution is 7.16. The maximum absolute atomic E-state index is 6.08. The SMILES string of the molecule is CCN(CC)C(CC)(CC)C(NN)c1ccc(Cl)s1. The van der Waals surface area contributed by atoms with Crippen molar-refractivity contribution >= 4 is 22.9 Å². The van der Waals surface area contributed by atoms with Crippen molar-refractivity contribution in [2.24, 2.45) is 5.84 Å². The van der Waals surface area contributed by atoms with Crippen molar-refractivity contribution in [3.05, 3.63) is 21.3 Å². The van der Waals surface area contributed by atoms with Crippen LogP contribution in [0.5, 0.6) is 0 Å². The molecule has 0 aliphatic carbocycles. The molecule has 1 rings (SSSR count). The molecule has 0 fully saturated rings. The Kier molecular flexibility index (Phi) is 6.77. The maximum Gasteiger partial charge on any atom is 0.0931 e. The zero-order chi connectivity index (χ0) is 14.5. The van der Waals surface area contributed by atoms with E-state index in [1.165, 1.54) is 4.88 Å². The van der Waals surface area contributed by atoms with Crippen LogP contribution in [0.3, 0.4) is 0 Å². The molecular formula is C14H26ClN3S. The number of likely N-dealkylation sites (N-methyl/N-ethyl adjacent to an activating group) is 1. The fourth-order valence-corrected chi connectivity index (χ4v) is 4.36. The molecule has 0 bridgehead atoms. The van der Waals surface area contributed by atoms with Gasteiger partial charge in [0.15, 0.2) is 0 Å². The van der Waals surface area contributed by atoms with Crippen LogP contribution in [0.15, 0.2) is 12.1 Å². The van der Waals surface area contributed by atoms with E-state index in [0.717, 1.165) is 30.3 Å². The molecule has 1 heterocycles. The summed E-state index contributed by atoms with van der Waals surface area (Å²) in [5.74, 6) is 5.89. The van der Waals surface area contributed by atoms with E-state index >= 15 is 0 Å². The molecule has 0 aromatic carbocycles. The third-order valence-corrected chi connectivity index (χ3v) is 5.50. The summed E-state index contributed by atoms with van der Waals surface area (Å²) in [4.78, 5) is 3.72. The Morgan fingerprint density at radius 1 is 1.26 bits per heavy atom. The second kappa shape index (κ2) is 7.60. The van der Waals surface area contributed by atoms with Crippen molar-refractivity contribution in [2.75, 3.05) is 13.1 Å². The molecule has 5 heteroatoms. The minimum Gasteiger partial charge on any atom is -0.296 e. The van der Waals surface area contributed by atoms with Crippen LogP contribution in [-0.2, 0) is 0 Å². The lowest BCUT2D eigenvalue weighted by Crippen LogP contribution is -2.57. The average Bonchev–Trinajstić information content (AvgIpc) is 2.85. The van der Waals surface area contributed by atoms with Gasteiger partial charge in [-0.2, -0.15) is 0 Å². The molecule has 1 unspecified atom stereocenters. The van der Waals surface area contributed by atoms with Gasteiger partial charge in [0.05, 0.1) is 10.4 Å². The van der Waals surface area contributed by atoms with Gasteiger partial charge in [0.25, 0.3) is 0 Å². The molecule has 0 aliphatic rings. The van der Waals surface area contributed by atoms with Gasteiger partial charge in [0, 0.05) is 10.4 Å². The number of hydrogen-bond donors (Lipinski definition) is 2. The number of hydrogen-bond acceptors (Lipinski definition) is 4. The quantitative estimate of drug-likeness (QED) is 0.567. The Balaban J connectivity index is 3.20. The van der Waals surface area contributed by atoms with Gasteiger partial charge in [0.1, 0.15) is 0 Å². The monoisotopic (exact) mass is 303 g/mol. The van der Waals surface area contributed by atoms with E-state index in [1.807, 2.05) is 6.07 Å². The van der Waals surface area contributed by atoms with Gasteiger partial charge in [-0.25, -0.2) is 0 Å². The highest BCUT2D eigenvalue weighted by Gasteiger charge is 2.40. The van der Waals surface area contributed by atoms with Gasteiger partial charge in [-0.3, -0.25) is 16.2 Å². The highest BCUT2D eigenvalue weighted by atomic mass is 35.5. The topological polar surface area (TPSA) is 41.3 Å². The van der Waals surface area contributed by atoms with Gasteiger partial charge in [0.2, 0.25) is 0 Å². The number of halogens is 1. The van der Waals surface area contributed by atoms with Gasteiger partial charge < -0.3 is 0 Å². The summed E-state index contributed by atoms with van der Waals surface area (Å²) in [6.45, 7) is 10.9. The molecule has 0 spiro atoms. The molecule has 110 valence electrons. The lowest BCUT2D eigenvalue weighted by molar-refractivity contribution is 0.0499. The molecule has 0 radical (unpaired) electrons. The first kappa shape index (κ1) is 16.9. The number of nitrogens with zero attached hydrogens (tertiary/aromatic N) is 1. The molecule has 0 amide bonds. The van der Waals surface area contributed by atoms with Crippen molar-refractivity contribution in [1.29, 1.82) is 0 Å². The summed E-state index contributed by atoms with van der Waals surface area (Å²) in [6.07, 6.45) is 2.10. The van der Waals surface area contributed by atoms with Gasteiger partial charge in [-0.05, 0) is 38.1 Å². The second-order valence-corrected chi connectivity index (χ2v) is 6.47. The summed E-state index contributed by atoms with van der Waals surface area (Å²) >= 11 is 7.69. The van der Waals surface area contributed by atoms with Crippen molar-refractivity contribution in [1.82, 2.24) is 10.3 Å². The average molecular weight is 304 g/mol. The Labute approximate surface area is 126 Å². The summed E-state index contributed by atoms with van der Waals surface area (Å²) in [5.41, 5.74) is 3.07. The first-order valence-corrected chi connectivity index (χ1v) is 8.25. The summed E-state index contributed by atoms with van der Waals surface area (Å²) in [6, 6.07) is 4.14. The minimum atomic E-state index is 0.0342. The molecule has 19 heavy (non-hydrogen) atoms. The molecule has 0 saturated carbocycles. The number of hydrazine groups is 1. The van der Waals surface area contributed by atoms with E-state index in [1.54, 1.807) is 11.3 Å². The van der Waals surface area contributed by atoms with Crippen LogP contribution in [0, 0.1) is 0 Å². The Morgan fingerprint density at radius 3 is 2.16 bits per heavy atom. The predicted octanol–water partition coefficient (Wildman–Crippen LogP) is 3.81. The lowest BCUT2D eigenvalue weighted by atomic mass is 9.82. The maximum atomic E-state index is 6.08. The van der Waals surface area contributed by atoms with Crippen molar-refractivity contribution in [2.45, 2.75) is 52.1 Å². The van der Waals surface area contributed by atoms with Crippen LogP contribution < -0.4 is 11.3 Å². The van der Waals surface area contributed by atoms with Gasteiger partial charge in [-0.1, -0.05) is 39.3 Å². The van der Waals surface area contributed by atoms with Crippen LogP contribution in [0.2, 0.25) is 4.34 Å². The molecule has 0 aliphatic heterocycles. The van der Waals surface area contributed by atoms with Crippen molar-refractivity contribution in [3.63, 3.8) is 0 Å². The smallest absolute Gasteiger partial charge is 0.0931 e. The largest absolute Gasteiger partial charge is 0.296 e. The molecule has 3 nitrogen and oxygen atoms in total.